The van der Waals surface area contributed by atoms with E-state index in [0.29, 0.717) is 18.0 Å². The van der Waals surface area contributed by atoms with Gasteiger partial charge in [-0.3, -0.25) is 9.78 Å². The summed E-state index contributed by atoms with van der Waals surface area (Å²) in [5.74, 6) is 0.0439. The van der Waals surface area contributed by atoms with Crippen LogP contribution in [-0.4, -0.2) is 39.2 Å². The molecule has 5 nitrogen and oxygen atoms in total. The van der Waals surface area contributed by atoms with Crippen molar-refractivity contribution in [3.63, 3.8) is 0 Å². The maximum absolute atomic E-state index is 13.4. The molecule has 0 aliphatic heterocycles. The van der Waals surface area contributed by atoms with Gasteiger partial charge >= 0.3 is 0 Å². The van der Waals surface area contributed by atoms with Crippen LogP contribution in [0.15, 0.2) is 24.7 Å². The minimum Gasteiger partial charge on any atom is -0.312 e. The van der Waals surface area contributed by atoms with Crippen molar-refractivity contribution in [2.24, 2.45) is 0 Å². The molecule has 3 rings (SSSR count). The van der Waals surface area contributed by atoms with E-state index in [0.717, 1.165) is 30.4 Å². The van der Waals surface area contributed by atoms with Crippen LogP contribution in [0.5, 0.6) is 0 Å². The van der Waals surface area contributed by atoms with Crippen molar-refractivity contribution >= 4 is 23.4 Å². The first-order chi connectivity index (χ1) is 12.5. The number of halogens is 1. The summed E-state index contributed by atoms with van der Waals surface area (Å²) < 4.78 is 15.0. The fourth-order valence-electron chi connectivity index (χ4n) is 2.54. The molecule has 0 N–H and O–H groups in total. The second kappa shape index (κ2) is 11.8. The number of pyridine rings is 1. The van der Waals surface area contributed by atoms with Gasteiger partial charge in [-0.15, -0.1) is 0 Å². The van der Waals surface area contributed by atoms with E-state index in [2.05, 4.69) is 10.1 Å². The number of thioether (sulfide) groups is 1. The molecule has 0 bridgehead atoms. The molecule has 1 unspecified atom stereocenters. The zero-order valence-electron chi connectivity index (χ0n) is 16.1. The minimum absolute atomic E-state index is 0. The SMILES string of the molecule is C.C.CC.CSC(C)CC(=O)N(C)c1cn(-c2cncc(F)c2)nc1C1CC1.[HH]. The average Bonchev–Trinajstić information content (AvgIpc) is 3.40. The number of amides is 1. The van der Waals surface area contributed by atoms with Crippen molar-refractivity contribution in [2.75, 3.05) is 18.2 Å². The molecule has 2 aromatic heterocycles. The Morgan fingerprint density at radius 2 is 2.04 bits per heavy atom. The predicted molar refractivity (Wildman–Crippen MR) is 121 cm³/mol. The average molecular weight is 413 g/mol. The Morgan fingerprint density at radius 3 is 2.57 bits per heavy atom. The highest BCUT2D eigenvalue weighted by Gasteiger charge is 2.32. The van der Waals surface area contributed by atoms with Crippen molar-refractivity contribution < 1.29 is 10.6 Å². The molecule has 160 valence electrons. The third kappa shape index (κ3) is 6.33. The van der Waals surface area contributed by atoms with Crippen LogP contribution >= 0.6 is 11.8 Å². The van der Waals surface area contributed by atoms with Crippen LogP contribution in [0.2, 0.25) is 0 Å². The van der Waals surface area contributed by atoms with Crippen LogP contribution in [0.4, 0.5) is 10.1 Å². The van der Waals surface area contributed by atoms with Crippen molar-refractivity contribution in [3.8, 4) is 5.69 Å². The third-order valence-corrected chi connectivity index (χ3v) is 5.21. The van der Waals surface area contributed by atoms with E-state index in [9.17, 15) is 9.18 Å². The van der Waals surface area contributed by atoms with E-state index in [1.54, 1.807) is 40.8 Å². The van der Waals surface area contributed by atoms with Gasteiger partial charge in [0, 0.05) is 32.1 Å². The first-order valence-corrected chi connectivity index (χ1v) is 10.3. The van der Waals surface area contributed by atoms with Crippen molar-refractivity contribution in [2.45, 2.75) is 66.1 Å². The number of hydrogen-bond acceptors (Lipinski definition) is 4. The molecule has 1 aliphatic carbocycles. The quantitative estimate of drug-likeness (QED) is 0.590. The van der Waals surface area contributed by atoms with Crippen molar-refractivity contribution in [1.82, 2.24) is 14.8 Å². The Balaban J connectivity index is 0. The Bertz CT molecular complexity index is 752. The predicted octanol–water partition coefficient (Wildman–Crippen LogP) is 5.93. The minimum atomic E-state index is -0.407. The number of anilines is 1. The largest absolute Gasteiger partial charge is 0.312 e. The molecular formula is C21H37FN4OS. The van der Waals surface area contributed by atoms with Gasteiger partial charge < -0.3 is 4.90 Å². The molecule has 7 heteroatoms. The normalized spacial score (nSPS) is 13.4. The maximum Gasteiger partial charge on any atom is 0.227 e. The monoisotopic (exact) mass is 412 g/mol. The van der Waals surface area contributed by atoms with Gasteiger partial charge in [0.1, 0.15) is 5.82 Å². The summed E-state index contributed by atoms with van der Waals surface area (Å²) in [7, 11) is 1.78. The van der Waals surface area contributed by atoms with Gasteiger partial charge in [0.2, 0.25) is 5.91 Å². The zero-order chi connectivity index (χ0) is 19.3. The van der Waals surface area contributed by atoms with E-state index in [-0.39, 0.29) is 27.4 Å². The molecule has 1 amide bonds. The van der Waals surface area contributed by atoms with E-state index in [1.165, 1.54) is 6.07 Å². The first kappa shape index (κ1) is 26.1. The highest BCUT2D eigenvalue weighted by atomic mass is 32.2. The zero-order valence-corrected chi connectivity index (χ0v) is 16.9. The van der Waals surface area contributed by atoms with Crippen LogP contribution in [0.3, 0.4) is 0 Å². The lowest BCUT2D eigenvalue weighted by molar-refractivity contribution is -0.118. The Kier molecular flexibility index (Phi) is 11.0. The topological polar surface area (TPSA) is 51.0 Å². The highest BCUT2D eigenvalue weighted by Crippen LogP contribution is 2.43. The molecule has 1 atom stereocenters. The van der Waals surface area contributed by atoms with Crippen LogP contribution in [-0.2, 0) is 4.79 Å². The van der Waals surface area contributed by atoms with Crippen molar-refractivity contribution in [3.05, 3.63) is 36.2 Å². The summed E-state index contributed by atoms with van der Waals surface area (Å²) in [4.78, 5) is 18.1. The van der Waals surface area contributed by atoms with Gasteiger partial charge in [0.25, 0.3) is 0 Å². The molecule has 0 spiro atoms. The molecular weight excluding hydrogens is 375 g/mol. The Hall–Kier alpha value is -1.89. The van der Waals surface area contributed by atoms with Gasteiger partial charge in [0.15, 0.2) is 0 Å². The second-order valence-corrected chi connectivity index (χ2v) is 7.46. The van der Waals surface area contributed by atoms with E-state index >= 15 is 0 Å². The molecule has 0 saturated heterocycles. The van der Waals surface area contributed by atoms with Gasteiger partial charge in [-0.05, 0) is 19.1 Å². The smallest absolute Gasteiger partial charge is 0.227 e. The van der Waals surface area contributed by atoms with Gasteiger partial charge in [-0.25, -0.2) is 9.07 Å². The lowest BCUT2D eigenvalue weighted by Gasteiger charge is -2.18. The summed E-state index contributed by atoms with van der Waals surface area (Å²) in [6.45, 7) is 6.04. The van der Waals surface area contributed by atoms with Crippen LogP contribution in [0.1, 0.15) is 67.9 Å². The van der Waals surface area contributed by atoms with Gasteiger partial charge in [0.05, 0.1) is 35.7 Å². The summed E-state index contributed by atoms with van der Waals surface area (Å²) in [5.41, 5.74) is 2.27. The number of carbonyl (C=O) groups excluding carboxylic acids is 1. The van der Waals surface area contributed by atoms with E-state index in [1.807, 2.05) is 27.0 Å². The molecule has 1 fully saturated rings. The number of nitrogens with zero attached hydrogens (tertiary/aromatic N) is 4. The maximum atomic E-state index is 13.4. The third-order valence-electron chi connectivity index (χ3n) is 4.24. The fourth-order valence-corrected chi connectivity index (χ4v) is 2.85. The summed E-state index contributed by atoms with van der Waals surface area (Å²) >= 11 is 1.67. The molecule has 0 radical (unpaired) electrons. The number of rotatable bonds is 6. The number of hydrogen-bond donors (Lipinski definition) is 0. The van der Waals surface area contributed by atoms with Gasteiger partial charge in [-0.2, -0.15) is 16.9 Å². The summed E-state index contributed by atoms with van der Waals surface area (Å²) in [5, 5.41) is 4.87. The highest BCUT2D eigenvalue weighted by molar-refractivity contribution is 7.99. The van der Waals surface area contributed by atoms with Crippen LogP contribution in [0, 0.1) is 5.82 Å². The lowest BCUT2D eigenvalue weighted by atomic mass is 10.2. The summed E-state index contributed by atoms with van der Waals surface area (Å²) in [6, 6.07) is 1.39. The second-order valence-electron chi connectivity index (χ2n) is 6.18. The van der Waals surface area contributed by atoms with Crippen molar-refractivity contribution in [1.29, 1.82) is 0 Å². The van der Waals surface area contributed by atoms with Crippen LogP contribution in [0.25, 0.3) is 5.69 Å². The molecule has 2 heterocycles. The number of aromatic nitrogens is 3. The summed E-state index contributed by atoms with van der Waals surface area (Å²) in [6.07, 6.45) is 9.16. The lowest BCUT2D eigenvalue weighted by Crippen LogP contribution is -2.28. The standard InChI is InChI=1S/C17H21FN4OS.C2H6.2CH4.H2/c1-11(24-3)6-16(23)21(2)15-10-22(20-17(15)12-4-5-12)14-7-13(18)8-19-9-14;1-2;;;/h7-12H,4-6H2,1-3H3;1-2H3;2*1H4;1H. The van der Waals surface area contributed by atoms with E-state index in [4.69, 9.17) is 0 Å². The van der Waals surface area contributed by atoms with E-state index < -0.39 is 5.82 Å². The van der Waals surface area contributed by atoms with Crippen LogP contribution < -0.4 is 4.90 Å². The molecule has 2 aromatic rings. The molecule has 1 saturated carbocycles. The molecule has 0 aromatic carbocycles. The molecule has 1 aliphatic rings. The number of carbonyl (C=O) groups is 1. The first-order valence-electron chi connectivity index (χ1n) is 8.99. The fraction of sp³-hybridized carbons (Fsp3) is 0.571. The Morgan fingerprint density at radius 1 is 1.39 bits per heavy atom. The van der Waals surface area contributed by atoms with Gasteiger partial charge in [-0.1, -0.05) is 35.6 Å². The molecule has 28 heavy (non-hydrogen) atoms. The Labute approximate surface area is 175 Å².